The molecule has 2 aromatic rings. The van der Waals surface area contributed by atoms with Gasteiger partial charge in [0.25, 0.3) is 5.91 Å². The minimum atomic E-state index is -1.58. The Morgan fingerprint density at radius 1 is 1.18 bits per heavy atom. The molecule has 3 N–H and O–H groups in total. The van der Waals surface area contributed by atoms with Gasteiger partial charge in [0.2, 0.25) is 0 Å². The van der Waals surface area contributed by atoms with E-state index >= 15 is 0 Å². The van der Waals surface area contributed by atoms with Crippen molar-refractivity contribution in [3.8, 4) is 17.2 Å². The van der Waals surface area contributed by atoms with Gasteiger partial charge >= 0.3 is 5.97 Å². The summed E-state index contributed by atoms with van der Waals surface area (Å²) in [6.45, 7) is 6.99. The Kier molecular flexibility index (Phi) is 10.1. The summed E-state index contributed by atoms with van der Waals surface area (Å²) in [5.41, 5.74) is 0.308. The molecule has 0 aromatic heterocycles. The first kappa shape index (κ1) is 28.2. The van der Waals surface area contributed by atoms with Crippen LogP contribution in [0.3, 0.4) is 0 Å². The molecular formula is C23H26Br2NO7P. The third-order valence-electron chi connectivity index (χ3n) is 5.20. The molecule has 0 aliphatic heterocycles. The fourth-order valence-corrected chi connectivity index (χ4v) is 4.56. The quantitative estimate of drug-likeness (QED) is 0.225. The van der Waals surface area contributed by atoms with Gasteiger partial charge in [0.05, 0.1) is 21.1 Å². The largest absolute Gasteiger partial charge is 0.507 e. The molecule has 0 spiro atoms. The molecule has 0 aliphatic carbocycles. The van der Waals surface area contributed by atoms with Gasteiger partial charge in [-0.05, 0) is 87.5 Å². The van der Waals surface area contributed by atoms with E-state index in [9.17, 15) is 24.4 Å². The summed E-state index contributed by atoms with van der Waals surface area (Å²) >= 11 is 6.75. The number of hydrogen-bond donors (Lipinski definition) is 3. The van der Waals surface area contributed by atoms with Crippen molar-refractivity contribution in [2.75, 3.05) is 6.61 Å². The predicted molar refractivity (Wildman–Crippen MR) is 135 cm³/mol. The summed E-state index contributed by atoms with van der Waals surface area (Å²) in [7, 11) is -0.462. The molecule has 0 saturated carbocycles. The first-order valence-electron chi connectivity index (χ1n) is 10.5. The van der Waals surface area contributed by atoms with E-state index in [1.54, 1.807) is 19.1 Å². The number of nitrogens with one attached hydrogen (secondary N) is 1. The van der Waals surface area contributed by atoms with Crippen LogP contribution in [0.1, 0.15) is 50.0 Å². The van der Waals surface area contributed by atoms with E-state index in [2.05, 4.69) is 37.2 Å². The number of esters is 1. The van der Waals surface area contributed by atoms with Crippen LogP contribution in [-0.4, -0.2) is 34.7 Å². The van der Waals surface area contributed by atoms with E-state index in [0.29, 0.717) is 26.7 Å². The number of carbonyl (C=O) groups excluding carboxylic acids is 2. The number of halogens is 2. The number of phenols is 1. The second-order valence-electron chi connectivity index (χ2n) is 7.75. The van der Waals surface area contributed by atoms with Gasteiger partial charge in [-0.3, -0.25) is 9.36 Å². The Hall–Kier alpha value is -2.00. The average molecular weight is 619 g/mol. The first-order chi connectivity index (χ1) is 15.9. The van der Waals surface area contributed by atoms with E-state index in [-0.39, 0.29) is 29.6 Å². The Balaban J connectivity index is 2.34. The minimum Gasteiger partial charge on any atom is -0.507 e. The van der Waals surface area contributed by atoms with Crippen LogP contribution in [0.4, 0.5) is 0 Å². The summed E-state index contributed by atoms with van der Waals surface area (Å²) in [6, 6.07) is 6.39. The van der Waals surface area contributed by atoms with Crippen LogP contribution in [0.25, 0.3) is 0 Å². The normalized spacial score (nSPS) is 14.7. The molecule has 184 valence electrons. The highest BCUT2D eigenvalue weighted by molar-refractivity contribution is 9.11. The lowest BCUT2D eigenvalue weighted by molar-refractivity contribution is -0.146. The summed E-state index contributed by atoms with van der Waals surface area (Å²) in [4.78, 5) is 25.2. The SMILES string of the molecule is CCOC(=O)C(NC(=O)c1cc(Oc2c(Br)cc(C(C)(O)P=O)cc2Br)ccc1O)C(C)CC. The van der Waals surface area contributed by atoms with E-state index in [4.69, 9.17) is 9.47 Å². The maximum atomic E-state index is 12.9. The number of carbonyl (C=O) groups is 2. The molecule has 2 aromatic carbocycles. The van der Waals surface area contributed by atoms with Gasteiger partial charge in [0, 0.05) is 0 Å². The zero-order chi connectivity index (χ0) is 25.6. The predicted octanol–water partition coefficient (Wildman–Crippen LogP) is 5.87. The molecule has 0 aliphatic rings. The first-order valence-corrected chi connectivity index (χ1v) is 12.9. The molecule has 11 heteroatoms. The second kappa shape index (κ2) is 12.1. The number of aliphatic hydroxyl groups is 1. The Morgan fingerprint density at radius 2 is 1.79 bits per heavy atom. The molecule has 3 atom stereocenters. The van der Waals surface area contributed by atoms with Crippen LogP contribution in [0, 0.1) is 5.92 Å². The lowest BCUT2D eigenvalue weighted by atomic mass is 9.98. The van der Waals surface area contributed by atoms with Crippen LogP contribution in [0.2, 0.25) is 0 Å². The molecule has 8 nitrogen and oxygen atoms in total. The molecular weight excluding hydrogens is 593 g/mol. The maximum absolute atomic E-state index is 12.9. The van der Waals surface area contributed by atoms with Gasteiger partial charge < -0.3 is 25.0 Å². The van der Waals surface area contributed by atoms with Crippen molar-refractivity contribution in [2.24, 2.45) is 5.92 Å². The topological polar surface area (TPSA) is 122 Å². The van der Waals surface area contributed by atoms with Crippen LogP contribution < -0.4 is 10.1 Å². The van der Waals surface area contributed by atoms with Gasteiger partial charge in [-0.25, -0.2) is 4.79 Å². The zero-order valence-corrected chi connectivity index (χ0v) is 23.2. The summed E-state index contributed by atoms with van der Waals surface area (Å²) in [6.07, 6.45) is 0.635. The van der Waals surface area contributed by atoms with Gasteiger partial charge in [-0.2, -0.15) is 0 Å². The van der Waals surface area contributed by atoms with Crippen molar-refractivity contribution in [1.29, 1.82) is 0 Å². The van der Waals surface area contributed by atoms with Crippen molar-refractivity contribution in [1.82, 2.24) is 5.32 Å². The van der Waals surface area contributed by atoms with Crippen LogP contribution in [0.5, 0.6) is 17.2 Å². The van der Waals surface area contributed by atoms with Crippen molar-refractivity contribution in [3.05, 3.63) is 50.4 Å². The standard InChI is InChI=1S/C23H26Br2NO7P/c1-5-12(3)19(22(29)32-6-2)26-21(28)15-11-14(7-8-18(15)27)33-20-16(24)9-13(10-17(20)25)23(4,30)34-31/h7-12,19,27,30H,5-6H2,1-4H3,(H,26,28). The molecule has 34 heavy (non-hydrogen) atoms. The van der Waals surface area contributed by atoms with Crippen molar-refractivity contribution in [2.45, 2.75) is 45.5 Å². The number of hydrogen-bond acceptors (Lipinski definition) is 7. The summed E-state index contributed by atoms with van der Waals surface area (Å²) in [5, 5.41) is 21.6. The average Bonchev–Trinajstić information content (AvgIpc) is 2.80. The number of amides is 1. The molecule has 2 rings (SSSR count). The lowest BCUT2D eigenvalue weighted by Gasteiger charge is -2.23. The summed E-state index contributed by atoms with van der Waals surface area (Å²) in [5.74, 6) is -1.08. The molecule has 1 amide bonds. The lowest BCUT2D eigenvalue weighted by Crippen LogP contribution is -2.46. The molecule has 0 radical (unpaired) electrons. The van der Waals surface area contributed by atoms with E-state index in [1.165, 1.54) is 25.1 Å². The number of phenolic OH excluding ortho intramolecular Hbond substituents is 1. The van der Waals surface area contributed by atoms with E-state index < -0.39 is 31.7 Å². The van der Waals surface area contributed by atoms with Gasteiger partial charge in [0.1, 0.15) is 17.5 Å². The van der Waals surface area contributed by atoms with Gasteiger partial charge in [0.15, 0.2) is 19.6 Å². The molecule has 0 saturated heterocycles. The molecule has 0 bridgehead atoms. The number of ether oxygens (including phenoxy) is 2. The Labute approximate surface area is 216 Å². The zero-order valence-electron chi connectivity index (χ0n) is 19.1. The Bertz CT molecular complexity index is 1050. The highest BCUT2D eigenvalue weighted by Crippen LogP contribution is 2.42. The van der Waals surface area contributed by atoms with E-state index in [0.717, 1.165) is 0 Å². The van der Waals surface area contributed by atoms with Crippen molar-refractivity contribution >= 4 is 52.2 Å². The van der Waals surface area contributed by atoms with Crippen molar-refractivity contribution in [3.63, 3.8) is 0 Å². The molecule has 3 unspecified atom stereocenters. The fourth-order valence-electron chi connectivity index (χ4n) is 2.98. The highest BCUT2D eigenvalue weighted by Gasteiger charge is 2.29. The number of benzene rings is 2. The minimum absolute atomic E-state index is 0.0768. The van der Waals surface area contributed by atoms with Crippen LogP contribution in [0.15, 0.2) is 39.3 Å². The van der Waals surface area contributed by atoms with Crippen molar-refractivity contribution < 1.29 is 33.8 Å². The second-order valence-corrected chi connectivity index (χ2v) is 10.5. The fraction of sp³-hybridized carbons (Fsp3) is 0.391. The Morgan fingerprint density at radius 3 is 2.32 bits per heavy atom. The van der Waals surface area contributed by atoms with Gasteiger partial charge in [-0.15, -0.1) is 0 Å². The number of aromatic hydroxyl groups is 1. The van der Waals surface area contributed by atoms with Gasteiger partial charge in [-0.1, -0.05) is 20.3 Å². The summed E-state index contributed by atoms with van der Waals surface area (Å²) < 4.78 is 23.2. The third-order valence-corrected chi connectivity index (χ3v) is 6.99. The van der Waals surface area contributed by atoms with Crippen LogP contribution in [-0.2, 0) is 19.4 Å². The number of rotatable bonds is 10. The molecule has 0 fully saturated rings. The molecule has 0 heterocycles. The maximum Gasteiger partial charge on any atom is 0.328 e. The monoisotopic (exact) mass is 617 g/mol. The highest BCUT2D eigenvalue weighted by atomic mass is 79.9. The van der Waals surface area contributed by atoms with E-state index in [1.807, 2.05) is 13.8 Å². The smallest absolute Gasteiger partial charge is 0.328 e. The van der Waals surface area contributed by atoms with Crippen LogP contribution >= 0.6 is 40.3 Å². The third kappa shape index (κ3) is 6.78.